The molecule has 0 bridgehead atoms. The van der Waals surface area contributed by atoms with Crippen molar-refractivity contribution in [3.63, 3.8) is 0 Å². The Morgan fingerprint density at radius 3 is 2.34 bits per heavy atom. The number of amides is 1. The number of rotatable bonds is 6. The van der Waals surface area contributed by atoms with Crippen LogP contribution in [0.15, 0.2) is 59.8 Å². The number of benzene rings is 2. The number of hydrogen-bond acceptors (Lipinski definition) is 4. The highest BCUT2D eigenvalue weighted by Crippen LogP contribution is 2.28. The van der Waals surface area contributed by atoms with Gasteiger partial charge in [0.2, 0.25) is 5.91 Å². The summed E-state index contributed by atoms with van der Waals surface area (Å²) in [5.41, 5.74) is 2.94. The van der Waals surface area contributed by atoms with Crippen LogP contribution >= 0.6 is 11.8 Å². The van der Waals surface area contributed by atoms with E-state index in [0.717, 1.165) is 22.4 Å². The van der Waals surface area contributed by atoms with Crippen molar-refractivity contribution in [2.45, 2.75) is 51.6 Å². The number of aryl methyl sites for hydroxylation is 1. The normalized spacial score (nSPS) is 12.6. The van der Waals surface area contributed by atoms with E-state index in [0.29, 0.717) is 0 Å². The minimum Gasteiger partial charge on any atom is -0.346 e. The third kappa shape index (κ3) is 5.26. The second-order valence-corrected chi connectivity index (χ2v) is 9.17. The number of thioether (sulfide) groups is 1. The van der Waals surface area contributed by atoms with Gasteiger partial charge in [0.1, 0.15) is 0 Å². The SMILES string of the molecule is Cc1ccc(-n2c(SCc3ccccc3)nnc2C(C)NC(=O)C(C)(C)C)cc1. The van der Waals surface area contributed by atoms with Crippen molar-refractivity contribution in [2.24, 2.45) is 5.41 Å². The summed E-state index contributed by atoms with van der Waals surface area (Å²) in [4.78, 5) is 12.5. The van der Waals surface area contributed by atoms with Crippen molar-refractivity contribution in [2.75, 3.05) is 0 Å². The summed E-state index contributed by atoms with van der Waals surface area (Å²) >= 11 is 1.64. The second-order valence-electron chi connectivity index (χ2n) is 8.23. The Bertz CT molecular complexity index is 959. The predicted octanol–water partition coefficient (Wildman–Crippen LogP) is 5.09. The molecular formula is C23H28N4OS. The summed E-state index contributed by atoms with van der Waals surface area (Å²) in [6.07, 6.45) is 0. The summed E-state index contributed by atoms with van der Waals surface area (Å²) in [5.74, 6) is 1.51. The van der Waals surface area contributed by atoms with Crippen molar-refractivity contribution in [3.8, 4) is 5.69 Å². The van der Waals surface area contributed by atoms with Crippen LogP contribution in [-0.2, 0) is 10.5 Å². The standard InChI is InChI=1S/C23H28N4OS/c1-16-11-13-19(14-12-16)27-20(17(2)24-21(28)23(3,4)5)25-26-22(27)29-15-18-9-7-6-8-10-18/h6-14,17H,15H2,1-5H3,(H,24,28). The lowest BCUT2D eigenvalue weighted by Crippen LogP contribution is -2.37. The van der Waals surface area contributed by atoms with Gasteiger partial charge in [-0.1, -0.05) is 80.6 Å². The fourth-order valence-electron chi connectivity index (χ4n) is 2.79. The van der Waals surface area contributed by atoms with E-state index in [4.69, 9.17) is 0 Å². The second kappa shape index (κ2) is 8.82. The molecule has 1 unspecified atom stereocenters. The van der Waals surface area contributed by atoms with Crippen LogP contribution in [0, 0.1) is 12.3 Å². The van der Waals surface area contributed by atoms with E-state index in [1.807, 2.05) is 50.5 Å². The molecule has 3 rings (SSSR count). The first kappa shape index (κ1) is 21.1. The molecule has 6 heteroatoms. The van der Waals surface area contributed by atoms with Crippen molar-refractivity contribution in [1.82, 2.24) is 20.1 Å². The third-order valence-corrected chi connectivity index (χ3v) is 5.58. The lowest BCUT2D eigenvalue weighted by molar-refractivity contribution is -0.129. The van der Waals surface area contributed by atoms with Gasteiger partial charge >= 0.3 is 0 Å². The van der Waals surface area contributed by atoms with E-state index < -0.39 is 5.41 Å². The third-order valence-electron chi connectivity index (χ3n) is 4.58. The molecule has 0 fully saturated rings. The molecule has 2 aromatic carbocycles. The first-order valence-electron chi connectivity index (χ1n) is 9.76. The fourth-order valence-corrected chi connectivity index (χ4v) is 3.71. The van der Waals surface area contributed by atoms with E-state index in [2.05, 4.69) is 58.8 Å². The number of nitrogens with one attached hydrogen (secondary N) is 1. The van der Waals surface area contributed by atoms with Crippen LogP contribution in [0.4, 0.5) is 0 Å². The van der Waals surface area contributed by atoms with Crippen LogP contribution in [0.25, 0.3) is 5.69 Å². The molecule has 0 radical (unpaired) electrons. The molecule has 0 aliphatic carbocycles. The molecule has 0 aliphatic heterocycles. The lowest BCUT2D eigenvalue weighted by atomic mass is 9.95. The minimum absolute atomic E-state index is 0.0121. The van der Waals surface area contributed by atoms with Crippen LogP contribution in [0.1, 0.15) is 50.7 Å². The average Bonchev–Trinajstić information content (AvgIpc) is 3.11. The van der Waals surface area contributed by atoms with Gasteiger partial charge in [0.25, 0.3) is 0 Å². The van der Waals surface area contributed by atoms with Gasteiger partial charge < -0.3 is 5.32 Å². The van der Waals surface area contributed by atoms with E-state index >= 15 is 0 Å². The molecule has 0 aliphatic rings. The molecule has 1 amide bonds. The van der Waals surface area contributed by atoms with Crippen molar-refractivity contribution >= 4 is 17.7 Å². The van der Waals surface area contributed by atoms with Crippen LogP contribution in [-0.4, -0.2) is 20.7 Å². The quantitative estimate of drug-likeness (QED) is 0.577. The van der Waals surface area contributed by atoms with E-state index in [1.54, 1.807) is 11.8 Å². The maximum atomic E-state index is 12.5. The number of nitrogens with zero attached hydrogens (tertiary/aromatic N) is 3. The molecule has 0 spiro atoms. The Morgan fingerprint density at radius 1 is 1.07 bits per heavy atom. The smallest absolute Gasteiger partial charge is 0.225 e. The molecule has 1 atom stereocenters. The summed E-state index contributed by atoms with van der Waals surface area (Å²) in [7, 11) is 0. The molecule has 0 saturated carbocycles. The Labute approximate surface area is 176 Å². The van der Waals surface area contributed by atoms with E-state index in [9.17, 15) is 4.79 Å². The van der Waals surface area contributed by atoms with Crippen LogP contribution in [0.2, 0.25) is 0 Å². The molecule has 5 nitrogen and oxygen atoms in total. The average molecular weight is 409 g/mol. The highest BCUT2D eigenvalue weighted by molar-refractivity contribution is 7.98. The molecule has 152 valence electrons. The van der Waals surface area contributed by atoms with Gasteiger partial charge in [-0.05, 0) is 31.5 Å². The molecule has 1 heterocycles. The van der Waals surface area contributed by atoms with Gasteiger partial charge in [0.05, 0.1) is 6.04 Å². The molecule has 0 saturated heterocycles. The molecular weight excluding hydrogens is 380 g/mol. The van der Waals surface area contributed by atoms with E-state index in [-0.39, 0.29) is 11.9 Å². The number of carbonyl (C=O) groups excluding carboxylic acids is 1. The van der Waals surface area contributed by atoms with Crippen molar-refractivity contribution in [1.29, 1.82) is 0 Å². The number of aromatic nitrogens is 3. The van der Waals surface area contributed by atoms with E-state index in [1.165, 1.54) is 11.1 Å². The van der Waals surface area contributed by atoms with Crippen molar-refractivity contribution < 1.29 is 4.79 Å². The first-order valence-corrected chi connectivity index (χ1v) is 10.7. The van der Waals surface area contributed by atoms with Gasteiger partial charge in [-0.3, -0.25) is 9.36 Å². The van der Waals surface area contributed by atoms with Gasteiger partial charge in [0, 0.05) is 16.9 Å². The zero-order chi connectivity index (χ0) is 21.0. The highest BCUT2D eigenvalue weighted by Gasteiger charge is 2.26. The first-order chi connectivity index (χ1) is 13.8. The summed E-state index contributed by atoms with van der Waals surface area (Å²) in [6.45, 7) is 9.72. The van der Waals surface area contributed by atoms with Gasteiger partial charge in [0.15, 0.2) is 11.0 Å². The Kier molecular flexibility index (Phi) is 6.42. The minimum atomic E-state index is -0.464. The van der Waals surface area contributed by atoms with Gasteiger partial charge in [-0.2, -0.15) is 0 Å². The van der Waals surface area contributed by atoms with Crippen LogP contribution in [0.5, 0.6) is 0 Å². The molecule has 1 aromatic heterocycles. The molecule has 3 aromatic rings. The maximum Gasteiger partial charge on any atom is 0.225 e. The van der Waals surface area contributed by atoms with Gasteiger partial charge in [-0.25, -0.2) is 0 Å². The van der Waals surface area contributed by atoms with Crippen LogP contribution in [0.3, 0.4) is 0 Å². The molecule has 29 heavy (non-hydrogen) atoms. The fraction of sp³-hybridized carbons (Fsp3) is 0.348. The van der Waals surface area contributed by atoms with Crippen molar-refractivity contribution in [3.05, 3.63) is 71.5 Å². The Morgan fingerprint density at radius 2 is 1.72 bits per heavy atom. The zero-order valence-corrected chi connectivity index (χ0v) is 18.5. The van der Waals surface area contributed by atoms with Crippen LogP contribution < -0.4 is 5.32 Å². The Balaban J connectivity index is 1.92. The lowest BCUT2D eigenvalue weighted by Gasteiger charge is -2.22. The summed E-state index contributed by atoms with van der Waals surface area (Å²) < 4.78 is 2.04. The predicted molar refractivity (Wildman–Crippen MR) is 118 cm³/mol. The number of hydrogen-bond donors (Lipinski definition) is 1. The summed E-state index contributed by atoms with van der Waals surface area (Å²) in [5, 5.41) is 12.8. The van der Waals surface area contributed by atoms with Gasteiger partial charge in [-0.15, -0.1) is 10.2 Å². The molecule has 1 N–H and O–H groups in total. The largest absolute Gasteiger partial charge is 0.346 e. The topological polar surface area (TPSA) is 59.8 Å². The highest BCUT2D eigenvalue weighted by atomic mass is 32.2. The Hall–Kier alpha value is -2.60. The number of carbonyl (C=O) groups is 1. The monoisotopic (exact) mass is 408 g/mol. The zero-order valence-electron chi connectivity index (χ0n) is 17.6. The summed E-state index contributed by atoms with van der Waals surface area (Å²) in [6, 6.07) is 18.3. The maximum absolute atomic E-state index is 12.5.